The highest BCUT2D eigenvalue weighted by atomic mass is 32.2. The molecule has 0 bridgehead atoms. The summed E-state index contributed by atoms with van der Waals surface area (Å²) in [5.41, 5.74) is 0.178. The van der Waals surface area contributed by atoms with Gasteiger partial charge in [0, 0.05) is 0 Å². The van der Waals surface area contributed by atoms with Crippen LogP contribution in [0.25, 0.3) is 0 Å². The standard InChI is InChI=1S/C13H10O6S/c14-10-7-4-8-11(20(16,17)18)12(10)19-13(15)9-5-2-1-3-6-9/h1-8,14H,(H,16,17,18). The number of benzene rings is 2. The van der Waals surface area contributed by atoms with E-state index < -0.39 is 32.5 Å². The van der Waals surface area contributed by atoms with E-state index in [9.17, 15) is 18.3 Å². The van der Waals surface area contributed by atoms with Crippen molar-refractivity contribution < 1.29 is 27.6 Å². The van der Waals surface area contributed by atoms with E-state index in [4.69, 9.17) is 9.29 Å². The Labute approximate surface area is 115 Å². The fourth-order valence-corrected chi connectivity index (χ4v) is 2.17. The number of phenolic OH excluding ortho intramolecular Hbond substituents is 1. The Balaban J connectivity index is 2.42. The van der Waals surface area contributed by atoms with Crippen LogP contribution in [0, 0.1) is 0 Å². The second-order valence-corrected chi connectivity index (χ2v) is 5.22. The molecule has 2 aromatic rings. The van der Waals surface area contributed by atoms with Crippen molar-refractivity contribution in [2.24, 2.45) is 0 Å². The van der Waals surface area contributed by atoms with E-state index in [-0.39, 0.29) is 5.56 Å². The Morgan fingerprint density at radius 1 is 1.00 bits per heavy atom. The van der Waals surface area contributed by atoms with Crippen molar-refractivity contribution >= 4 is 16.1 Å². The molecule has 0 saturated carbocycles. The number of phenols is 1. The molecule has 2 rings (SSSR count). The minimum Gasteiger partial charge on any atom is -0.504 e. The van der Waals surface area contributed by atoms with Crippen LogP contribution in [-0.2, 0) is 10.1 Å². The monoisotopic (exact) mass is 294 g/mol. The molecule has 2 aromatic carbocycles. The van der Waals surface area contributed by atoms with Gasteiger partial charge in [-0.2, -0.15) is 8.42 Å². The van der Waals surface area contributed by atoms with Crippen molar-refractivity contribution in [1.82, 2.24) is 0 Å². The van der Waals surface area contributed by atoms with E-state index in [0.29, 0.717) is 0 Å². The van der Waals surface area contributed by atoms with Crippen molar-refractivity contribution in [2.45, 2.75) is 4.90 Å². The van der Waals surface area contributed by atoms with E-state index in [1.807, 2.05) is 0 Å². The highest BCUT2D eigenvalue weighted by Gasteiger charge is 2.22. The maximum Gasteiger partial charge on any atom is 0.343 e. The number of carbonyl (C=O) groups is 1. The number of esters is 1. The molecule has 0 aliphatic rings. The van der Waals surface area contributed by atoms with E-state index in [1.165, 1.54) is 18.2 Å². The van der Waals surface area contributed by atoms with Crippen molar-refractivity contribution in [1.29, 1.82) is 0 Å². The van der Waals surface area contributed by atoms with Gasteiger partial charge in [-0.05, 0) is 24.3 Å². The van der Waals surface area contributed by atoms with Gasteiger partial charge in [-0.1, -0.05) is 24.3 Å². The molecule has 0 aliphatic carbocycles. The molecule has 0 radical (unpaired) electrons. The highest BCUT2D eigenvalue weighted by molar-refractivity contribution is 7.86. The van der Waals surface area contributed by atoms with Crippen molar-refractivity contribution in [3.05, 3.63) is 54.1 Å². The molecule has 0 amide bonds. The van der Waals surface area contributed by atoms with Gasteiger partial charge in [0.05, 0.1) is 5.56 Å². The third-order valence-electron chi connectivity index (χ3n) is 2.44. The number of aromatic hydroxyl groups is 1. The molecule has 7 heteroatoms. The lowest BCUT2D eigenvalue weighted by molar-refractivity contribution is 0.0724. The summed E-state index contributed by atoms with van der Waals surface area (Å²) < 4.78 is 36.3. The Kier molecular flexibility index (Phi) is 3.73. The van der Waals surface area contributed by atoms with Gasteiger partial charge >= 0.3 is 5.97 Å². The van der Waals surface area contributed by atoms with Crippen LogP contribution in [0.2, 0.25) is 0 Å². The highest BCUT2D eigenvalue weighted by Crippen LogP contribution is 2.33. The molecule has 6 nitrogen and oxygen atoms in total. The van der Waals surface area contributed by atoms with Crippen LogP contribution in [0.3, 0.4) is 0 Å². The lowest BCUT2D eigenvalue weighted by Gasteiger charge is -2.09. The summed E-state index contributed by atoms with van der Waals surface area (Å²) >= 11 is 0. The molecule has 2 N–H and O–H groups in total. The average molecular weight is 294 g/mol. The molecule has 0 atom stereocenters. The van der Waals surface area contributed by atoms with Crippen LogP contribution in [0.4, 0.5) is 0 Å². The summed E-state index contributed by atoms with van der Waals surface area (Å²) in [6.07, 6.45) is 0. The summed E-state index contributed by atoms with van der Waals surface area (Å²) in [7, 11) is -4.62. The number of ether oxygens (including phenoxy) is 1. The minimum absolute atomic E-state index is 0.178. The van der Waals surface area contributed by atoms with Crippen LogP contribution in [0.15, 0.2) is 53.4 Å². The molecule has 0 heterocycles. The Morgan fingerprint density at radius 3 is 2.25 bits per heavy atom. The zero-order chi connectivity index (χ0) is 14.8. The lowest BCUT2D eigenvalue weighted by atomic mass is 10.2. The summed E-state index contributed by atoms with van der Waals surface area (Å²) in [6.45, 7) is 0. The predicted octanol–water partition coefficient (Wildman–Crippen LogP) is 1.86. The largest absolute Gasteiger partial charge is 0.504 e. The minimum atomic E-state index is -4.62. The first kappa shape index (κ1) is 14.0. The Hall–Kier alpha value is -2.38. The molecule has 0 spiro atoms. The summed E-state index contributed by atoms with van der Waals surface area (Å²) in [5.74, 6) is -2.02. The fourth-order valence-electron chi connectivity index (χ4n) is 1.54. The molecule has 0 aliphatic heterocycles. The zero-order valence-corrected chi connectivity index (χ0v) is 10.9. The number of para-hydroxylation sites is 1. The molecule has 0 fully saturated rings. The quantitative estimate of drug-likeness (QED) is 0.509. The normalized spacial score (nSPS) is 11.1. The molecule has 0 aromatic heterocycles. The molecular formula is C13H10O6S. The van der Waals surface area contributed by atoms with Gasteiger partial charge in [-0.25, -0.2) is 4.79 Å². The second-order valence-electron chi connectivity index (χ2n) is 3.84. The van der Waals surface area contributed by atoms with Crippen molar-refractivity contribution in [2.75, 3.05) is 0 Å². The van der Waals surface area contributed by atoms with Gasteiger partial charge in [0.2, 0.25) is 0 Å². The lowest BCUT2D eigenvalue weighted by Crippen LogP contribution is -2.11. The maximum atomic E-state index is 11.8. The van der Waals surface area contributed by atoms with E-state index in [0.717, 1.165) is 12.1 Å². The molecular weight excluding hydrogens is 284 g/mol. The van der Waals surface area contributed by atoms with Crippen molar-refractivity contribution in [3.63, 3.8) is 0 Å². The Morgan fingerprint density at radius 2 is 1.65 bits per heavy atom. The third-order valence-corrected chi connectivity index (χ3v) is 3.32. The van der Waals surface area contributed by atoms with Crippen LogP contribution >= 0.6 is 0 Å². The van der Waals surface area contributed by atoms with Crippen LogP contribution in [-0.4, -0.2) is 24.0 Å². The predicted molar refractivity (Wildman–Crippen MR) is 69.3 cm³/mol. The summed E-state index contributed by atoms with van der Waals surface area (Å²) in [4.78, 5) is 11.2. The topological polar surface area (TPSA) is 101 Å². The van der Waals surface area contributed by atoms with Crippen LogP contribution < -0.4 is 4.74 Å². The van der Waals surface area contributed by atoms with E-state index in [1.54, 1.807) is 18.2 Å². The summed E-state index contributed by atoms with van der Waals surface area (Å²) in [6, 6.07) is 11.2. The molecule has 20 heavy (non-hydrogen) atoms. The molecule has 0 unspecified atom stereocenters. The van der Waals surface area contributed by atoms with Crippen LogP contribution in [0.1, 0.15) is 10.4 Å². The first-order valence-corrected chi connectivity index (χ1v) is 6.90. The Bertz CT molecular complexity index is 737. The maximum absolute atomic E-state index is 11.8. The summed E-state index contributed by atoms with van der Waals surface area (Å²) in [5, 5.41) is 9.60. The number of hydrogen-bond acceptors (Lipinski definition) is 5. The van der Waals surface area contributed by atoms with Gasteiger partial charge in [-0.3, -0.25) is 4.55 Å². The zero-order valence-electron chi connectivity index (χ0n) is 10.1. The van der Waals surface area contributed by atoms with Gasteiger partial charge in [0.1, 0.15) is 4.90 Å². The van der Waals surface area contributed by atoms with E-state index in [2.05, 4.69) is 0 Å². The van der Waals surface area contributed by atoms with Crippen LogP contribution in [0.5, 0.6) is 11.5 Å². The van der Waals surface area contributed by atoms with Gasteiger partial charge in [0.25, 0.3) is 10.1 Å². The average Bonchev–Trinajstić information content (AvgIpc) is 2.40. The third kappa shape index (κ3) is 2.95. The fraction of sp³-hybridized carbons (Fsp3) is 0. The first-order valence-electron chi connectivity index (χ1n) is 5.46. The SMILES string of the molecule is O=C(Oc1c(O)cccc1S(=O)(=O)O)c1ccccc1. The molecule has 104 valence electrons. The second kappa shape index (κ2) is 5.32. The number of carbonyl (C=O) groups excluding carboxylic acids is 1. The molecule has 0 saturated heterocycles. The van der Waals surface area contributed by atoms with Gasteiger partial charge in [-0.15, -0.1) is 0 Å². The van der Waals surface area contributed by atoms with Gasteiger partial charge < -0.3 is 9.84 Å². The smallest absolute Gasteiger partial charge is 0.343 e. The number of rotatable bonds is 3. The number of hydrogen-bond donors (Lipinski definition) is 2. The van der Waals surface area contributed by atoms with Crippen molar-refractivity contribution in [3.8, 4) is 11.5 Å². The van der Waals surface area contributed by atoms with Gasteiger partial charge in [0.15, 0.2) is 11.5 Å². The van der Waals surface area contributed by atoms with E-state index >= 15 is 0 Å². The first-order chi connectivity index (χ1) is 9.39.